The van der Waals surface area contributed by atoms with Crippen molar-refractivity contribution in [2.45, 2.75) is 19.9 Å². The van der Waals surface area contributed by atoms with Gasteiger partial charge in [0.2, 0.25) is 0 Å². The summed E-state index contributed by atoms with van der Waals surface area (Å²) in [5.74, 6) is 0.513. The van der Waals surface area contributed by atoms with Crippen LogP contribution in [0.25, 0.3) is 5.70 Å². The van der Waals surface area contributed by atoms with Gasteiger partial charge >= 0.3 is 0 Å². The summed E-state index contributed by atoms with van der Waals surface area (Å²) in [5.41, 5.74) is 10.4. The van der Waals surface area contributed by atoms with Gasteiger partial charge in [0.05, 0.1) is 17.6 Å². The predicted molar refractivity (Wildman–Crippen MR) is 102 cm³/mol. The number of likely N-dealkylation sites (N-methyl/N-ethyl adjacent to an activating group) is 1. The first-order chi connectivity index (χ1) is 11.7. The third-order valence-electron chi connectivity index (χ3n) is 4.80. The first-order valence-corrected chi connectivity index (χ1v) is 8.84. The number of nitrogens with zero attached hydrogens (tertiary/aromatic N) is 3. The van der Waals surface area contributed by atoms with E-state index in [1.54, 1.807) is 0 Å². The Morgan fingerprint density at radius 2 is 2.00 bits per heavy atom. The number of allylic oxidation sites excluding steroid dienone is 3. The van der Waals surface area contributed by atoms with Gasteiger partial charge in [-0.25, -0.2) is 0 Å². The smallest absolute Gasteiger partial charge is 0.0663 e. The topological polar surface area (TPSA) is 44.9 Å². The molecule has 2 aliphatic rings. The maximum atomic E-state index is 5.78. The highest BCUT2D eigenvalue weighted by Gasteiger charge is 2.17. The number of hydrogen-bond donors (Lipinski definition) is 1. The molecule has 4 nitrogen and oxygen atoms in total. The lowest BCUT2D eigenvalue weighted by atomic mass is 10.0. The fourth-order valence-electron chi connectivity index (χ4n) is 3.19. The Kier molecular flexibility index (Phi) is 5.48. The number of benzene rings is 1. The van der Waals surface area contributed by atoms with E-state index in [2.05, 4.69) is 60.2 Å². The minimum Gasteiger partial charge on any atom is -0.368 e. The van der Waals surface area contributed by atoms with Crippen molar-refractivity contribution in [2.75, 3.05) is 33.2 Å². The van der Waals surface area contributed by atoms with Crippen LogP contribution in [0, 0.1) is 5.92 Å². The molecule has 1 aromatic carbocycles. The third kappa shape index (κ3) is 4.13. The molecule has 0 bridgehead atoms. The fourth-order valence-corrected chi connectivity index (χ4v) is 3.19. The van der Waals surface area contributed by atoms with E-state index < -0.39 is 0 Å². The number of nitrogens with two attached hydrogens (primary N) is 1. The molecule has 2 heterocycles. The van der Waals surface area contributed by atoms with Gasteiger partial charge in [0, 0.05) is 38.3 Å². The molecule has 1 aromatic rings. The van der Waals surface area contributed by atoms with Gasteiger partial charge in [-0.2, -0.15) is 0 Å². The summed E-state index contributed by atoms with van der Waals surface area (Å²) >= 11 is 0. The Morgan fingerprint density at radius 1 is 1.21 bits per heavy atom. The molecular weight excluding hydrogens is 296 g/mol. The molecule has 0 spiro atoms. The molecule has 24 heavy (non-hydrogen) atoms. The Labute approximate surface area is 145 Å². The van der Waals surface area contributed by atoms with Crippen molar-refractivity contribution in [1.29, 1.82) is 0 Å². The van der Waals surface area contributed by atoms with E-state index in [4.69, 9.17) is 10.7 Å². The molecule has 1 unspecified atom stereocenters. The maximum absolute atomic E-state index is 5.78. The Bertz CT molecular complexity index is 651. The summed E-state index contributed by atoms with van der Waals surface area (Å²) < 4.78 is 0. The van der Waals surface area contributed by atoms with Gasteiger partial charge in [0.1, 0.15) is 0 Å². The average Bonchev–Trinajstić information content (AvgIpc) is 2.59. The Morgan fingerprint density at radius 3 is 2.75 bits per heavy atom. The number of piperazine rings is 1. The normalized spacial score (nSPS) is 24.8. The second kappa shape index (κ2) is 7.77. The number of hydrogen-bond acceptors (Lipinski definition) is 4. The van der Waals surface area contributed by atoms with Gasteiger partial charge in [-0.05, 0) is 31.0 Å². The molecule has 2 N–H and O–H groups in total. The molecule has 4 heteroatoms. The van der Waals surface area contributed by atoms with E-state index in [9.17, 15) is 0 Å². The Balaban J connectivity index is 1.83. The lowest BCUT2D eigenvalue weighted by molar-refractivity contribution is 0.192. The van der Waals surface area contributed by atoms with Crippen LogP contribution in [0.4, 0.5) is 0 Å². The zero-order valence-electron chi connectivity index (χ0n) is 14.8. The molecule has 2 aliphatic heterocycles. The van der Waals surface area contributed by atoms with Crippen molar-refractivity contribution >= 4 is 11.9 Å². The summed E-state index contributed by atoms with van der Waals surface area (Å²) in [7, 11) is 2.19. The molecule has 1 atom stereocenters. The predicted octanol–water partition coefficient (Wildman–Crippen LogP) is 2.73. The zero-order chi connectivity index (χ0) is 16.9. The van der Waals surface area contributed by atoms with Crippen molar-refractivity contribution in [2.24, 2.45) is 16.6 Å². The molecule has 0 aromatic heterocycles. The van der Waals surface area contributed by atoms with Gasteiger partial charge in [-0.3, -0.25) is 4.99 Å². The van der Waals surface area contributed by atoms with Crippen molar-refractivity contribution < 1.29 is 0 Å². The SMILES string of the molecule is CC1C=C(N2CCN(C)CC2)C=N/C(c2cccc(CN)c2)=C/C1. The van der Waals surface area contributed by atoms with Crippen LogP contribution in [0.2, 0.25) is 0 Å². The van der Waals surface area contributed by atoms with E-state index in [-0.39, 0.29) is 0 Å². The zero-order valence-corrected chi connectivity index (χ0v) is 14.8. The molecule has 0 saturated carbocycles. The van der Waals surface area contributed by atoms with Crippen LogP contribution in [0.15, 0.2) is 47.1 Å². The lowest BCUT2D eigenvalue weighted by Gasteiger charge is -2.35. The van der Waals surface area contributed by atoms with Gasteiger partial charge in [0.25, 0.3) is 0 Å². The van der Waals surface area contributed by atoms with Gasteiger partial charge in [-0.1, -0.05) is 37.3 Å². The van der Waals surface area contributed by atoms with Gasteiger partial charge in [0.15, 0.2) is 0 Å². The van der Waals surface area contributed by atoms with E-state index in [0.717, 1.165) is 49.4 Å². The first kappa shape index (κ1) is 16.9. The first-order valence-electron chi connectivity index (χ1n) is 8.84. The molecule has 0 aliphatic carbocycles. The van der Waals surface area contributed by atoms with Crippen LogP contribution in [-0.4, -0.2) is 49.2 Å². The summed E-state index contributed by atoms with van der Waals surface area (Å²) in [6.45, 7) is 7.21. The van der Waals surface area contributed by atoms with Gasteiger partial charge < -0.3 is 15.5 Å². The van der Waals surface area contributed by atoms with E-state index in [1.165, 1.54) is 5.70 Å². The highest BCUT2D eigenvalue weighted by Crippen LogP contribution is 2.23. The highest BCUT2D eigenvalue weighted by atomic mass is 15.3. The highest BCUT2D eigenvalue weighted by molar-refractivity contribution is 5.84. The molecule has 3 rings (SSSR count). The van der Waals surface area contributed by atoms with Crippen LogP contribution in [0.5, 0.6) is 0 Å². The minimum absolute atomic E-state index is 0.513. The van der Waals surface area contributed by atoms with Crippen molar-refractivity contribution in [3.05, 3.63) is 53.2 Å². The summed E-state index contributed by atoms with van der Waals surface area (Å²) in [6.07, 6.45) is 7.66. The molecule has 0 radical (unpaired) electrons. The van der Waals surface area contributed by atoms with Crippen LogP contribution in [-0.2, 0) is 6.54 Å². The van der Waals surface area contributed by atoms with Crippen LogP contribution < -0.4 is 5.73 Å². The lowest BCUT2D eigenvalue weighted by Crippen LogP contribution is -2.44. The third-order valence-corrected chi connectivity index (χ3v) is 4.80. The maximum Gasteiger partial charge on any atom is 0.0663 e. The largest absolute Gasteiger partial charge is 0.368 e. The molecule has 1 saturated heterocycles. The summed E-state index contributed by atoms with van der Waals surface area (Å²) in [6, 6.07) is 8.39. The molecule has 0 amide bonds. The number of aliphatic imine (C=N–C) groups is 1. The van der Waals surface area contributed by atoms with Crippen LogP contribution >= 0.6 is 0 Å². The monoisotopic (exact) mass is 324 g/mol. The summed E-state index contributed by atoms with van der Waals surface area (Å²) in [4.78, 5) is 9.65. The molecule has 128 valence electrons. The van der Waals surface area contributed by atoms with Crippen molar-refractivity contribution in [3.63, 3.8) is 0 Å². The van der Waals surface area contributed by atoms with Crippen molar-refractivity contribution in [1.82, 2.24) is 9.80 Å². The second-order valence-electron chi connectivity index (χ2n) is 6.85. The van der Waals surface area contributed by atoms with Crippen LogP contribution in [0.1, 0.15) is 24.5 Å². The van der Waals surface area contributed by atoms with E-state index >= 15 is 0 Å². The standard InChI is InChI=1S/C20H28N4/c1-16-6-7-20(18-5-3-4-17(13-18)14-21)22-15-19(12-16)24-10-8-23(2)9-11-24/h3-5,7,12-13,15-16H,6,8-11,14,21H2,1-2H3/b19-12?,20-7+,22-15?. The second-order valence-corrected chi connectivity index (χ2v) is 6.85. The Hall–Kier alpha value is -1.91. The van der Waals surface area contributed by atoms with Gasteiger partial charge in [-0.15, -0.1) is 0 Å². The van der Waals surface area contributed by atoms with E-state index in [0.29, 0.717) is 12.5 Å². The minimum atomic E-state index is 0.513. The van der Waals surface area contributed by atoms with Crippen molar-refractivity contribution in [3.8, 4) is 0 Å². The average molecular weight is 324 g/mol. The summed E-state index contributed by atoms with van der Waals surface area (Å²) in [5, 5.41) is 0. The fraction of sp³-hybridized carbons (Fsp3) is 0.450. The van der Waals surface area contributed by atoms with E-state index in [1.807, 2.05) is 6.21 Å². The molecular formula is C20H28N4. The molecule has 1 fully saturated rings. The number of rotatable bonds is 3. The van der Waals surface area contributed by atoms with Crippen LogP contribution in [0.3, 0.4) is 0 Å². The quantitative estimate of drug-likeness (QED) is 0.930.